The second kappa shape index (κ2) is 9.06. The molecule has 0 aliphatic heterocycles. The number of ether oxygens (including phenoxy) is 2. The van der Waals surface area contributed by atoms with Gasteiger partial charge in [0.2, 0.25) is 0 Å². The Morgan fingerprint density at radius 1 is 1.14 bits per heavy atom. The van der Waals surface area contributed by atoms with Crippen molar-refractivity contribution in [3.8, 4) is 5.75 Å². The van der Waals surface area contributed by atoms with E-state index in [1.807, 2.05) is 12.1 Å². The number of rotatable bonds is 8. The molecule has 118 valence electrons. The zero-order chi connectivity index (χ0) is 14.9. The molecule has 1 aliphatic carbocycles. The van der Waals surface area contributed by atoms with E-state index in [9.17, 15) is 0 Å². The van der Waals surface area contributed by atoms with Crippen LogP contribution in [0.4, 0.5) is 0 Å². The maximum Gasteiger partial charge on any atom is 0.123 e. The smallest absolute Gasteiger partial charge is 0.123 e. The largest absolute Gasteiger partial charge is 0.491 e. The van der Waals surface area contributed by atoms with Crippen LogP contribution in [0.2, 0.25) is 0 Å². The summed E-state index contributed by atoms with van der Waals surface area (Å²) in [7, 11) is 0. The quantitative estimate of drug-likeness (QED) is 0.740. The van der Waals surface area contributed by atoms with E-state index < -0.39 is 0 Å². The van der Waals surface area contributed by atoms with Crippen LogP contribution in [0, 0.1) is 5.92 Å². The molecule has 0 aromatic heterocycles. The van der Waals surface area contributed by atoms with Crippen LogP contribution in [0.1, 0.15) is 45.1 Å². The minimum Gasteiger partial charge on any atom is -0.491 e. The molecule has 3 nitrogen and oxygen atoms in total. The van der Waals surface area contributed by atoms with E-state index in [2.05, 4.69) is 31.3 Å². The van der Waals surface area contributed by atoms with Crippen LogP contribution in [-0.4, -0.2) is 25.9 Å². The fraction of sp³-hybridized carbons (Fsp3) is 0.667. The lowest BCUT2D eigenvalue weighted by molar-refractivity contribution is -0.0166. The minimum atomic E-state index is 0.430. The topological polar surface area (TPSA) is 30.5 Å². The highest BCUT2D eigenvalue weighted by molar-refractivity contribution is 5.33. The summed E-state index contributed by atoms with van der Waals surface area (Å²) < 4.78 is 11.9. The first-order valence-electron chi connectivity index (χ1n) is 8.34. The van der Waals surface area contributed by atoms with Crippen molar-refractivity contribution in [1.82, 2.24) is 5.32 Å². The fourth-order valence-electron chi connectivity index (χ4n) is 2.93. The molecule has 2 atom stereocenters. The first-order chi connectivity index (χ1) is 10.3. The average molecular weight is 291 g/mol. The molecule has 1 aliphatic rings. The zero-order valence-electron chi connectivity index (χ0n) is 13.4. The van der Waals surface area contributed by atoms with Crippen LogP contribution in [-0.2, 0) is 11.3 Å². The monoisotopic (exact) mass is 291 g/mol. The van der Waals surface area contributed by atoms with Crippen LogP contribution >= 0.6 is 0 Å². The van der Waals surface area contributed by atoms with E-state index in [-0.39, 0.29) is 0 Å². The van der Waals surface area contributed by atoms with Gasteiger partial charge in [-0.25, -0.2) is 0 Å². The molecule has 3 heteroatoms. The Balaban J connectivity index is 1.73. The predicted molar refractivity (Wildman–Crippen MR) is 86.7 cm³/mol. The number of para-hydroxylation sites is 1. The number of nitrogens with one attached hydrogen (secondary N) is 1. The summed E-state index contributed by atoms with van der Waals surface area (Å²) in [6.07, 6.45) is 5.60. The Hall–Kier alpha value is -1.06. The molecule has 0 saturated heterocycles. The van der Waals surface area contributed by atoms with Crippen molar-refractivity contribution in [2.24, 2.45) is 5.92 Å². The standard InChI is InChI=1S/C18H29NO2/c1-3-19-14-16-9-5-7-11-18(16)21-13-12-20-17-10-6-4-8-15(17)2/h5,7,9,11,15,17,19H,3-4,6,8,10,12-14H2,1-2H3. The van der Waals surface area contributed by atoms with Crippen molar-refractivity contribution in [3.63, 3.8) is 0 Å². The maximum absolute atomic E-state index is 6.00. The molecule has 2 unspecified atom stereocenters. The third kappa shape index (κ3) is 5.33. The number of benzene rings is 1. The average Bonchev–Trinajstić information content (AvgIpc) is 2.52. The molecule has 1 fully saturated rings. The van der Waals surface area contributed by atoms with Crippen LogP contribution in [0.25, 0.3) is 0 Å². The third-order valence-corrected chi connectivity index (χ3v) is 4.24. The molecule has 1 N–H and O–H groups in total. The Labute approximate surface area is 129 Å². The van der Waals surface area contributed by atoms with Gasteiger partial charge in [-0.2, -0.15) is 0 Å². The van der Waals surface area contributed by atoms with E-state index in [0.717, 1.165) is 18.8 Å². The molecular weight excluding hydrogens is 262 g/mol. The molecule has 1 aromatic carbocycles. The minimum absolute atomic E-state index is 0.430. The van der Waals surface area contributed by atoms with Crippen LogP contribution < -0.4 is 10.1 Å². The van der Waals surface area contributed by atoms with Gasteiger partial charge in [-0.05, 0) is 31.4 Å². The molecule has 0 radical (unpaired) electrons. The van der Waals surface area contributed by atoms with Gasteiger partial charge in [0, 0.05) is 12.1 Å². The molecule has 1 aromatic rings. The highest BCUT2D eigenvalue weighted by Gasteiger charge is 2.21. The maximum atomic E-state index is 6.00. The summed E-state index contributed by atoms with van der Waals surface area (Å²) in [5.74, 6) is 1.67. The molecule has 1 saturated carbocycles. The zero-order valence-corrected chi connectivity index (χ0v) is 13.4. The fourth-order valence-corrected chi connectivity index (χ4v) is 2.93. The Morgan fingerprint density at radius 3 is 2.76 bits per heavy atom. The third-order valence-electron chi connectivity index (χ3n) is 4.24. The molecule has 0 bridgehead atoms. The number of hydrogen-bond acceptors (Lipinski definition) is 3. The Kier molecular flexibility index (Phi) is 7.04. The summed E-state index contributed by atoms with van der Waals surface area (Å²) >= 11 is 0. The van der Waals surface area contributed by atoms with E-state index in [0.29, 0.717) is 25.2 Å². The summed E-state index contributed by atoms with van der Waals surface area (Å²) in [5, 5.41) is 3.34. The van der Waals surface area contributed by atoms with E-state index in [1.54, 1.807) is 0 Å². The lowest BCUT2D eigenvalue weighted by atomic mass is 9.88. The van der Waals surface area contributed by atoms with Crippen LogP contribution in [0.5, 0.6) is 5.75 Å². The van der Waals surface area contributed by atoms with Gasteiger partial charge < -0.3 is 14.8 Å². The lowest BCUT2D eigenvalue weighted by Crippen LogP contribution is -2.27. The normalized spacial score (nSPS) is 22.2. The van der Waals surface area contributed by atoms with Crippen molar-refractivity contribution in [2.75, 3.05) is 19.8 Å². The second-order valence-corrected chi connectivity index (χ2v) is 5.91. The Bertz CT molecular complexity index is 408. The highest BCUT2D eigenvalue weighted by Crippen LogP contribution is 2.26. The van der Waals surface area contributed by atoms with Gasteiger partial charge in [-0.1, -0.05) is 44.9 Å². The molecule has 0 spiro atoms. The second-order valence-electron chi connectivity index (χ2n) is 5.91. The Morgan fingerprint density at radius 2 is 1.95 bits per heavy atom. The first-order valence-corrected chi connectivity index (χ1v) is 8.34. The predicted octanol–water partition coefficient (Wildman–Crippen LogP) is 3.77. The van der Waals surface area contributed by atoms with Gasteiger partial charge >= 0.3 is 0 Å². The molecule has 2 rings (SSSR count). The van der Waals surface area contributed by atoms with Gasteiger partial charge in [0.15, 0.2) is 0 Å². The van der Waals surface area contributed by atoms with Gasteiger partial charge in [0.1, 0.15) is 12.4 Å². The van der Waals surface area contributed by atoms with Gasteiger partial charge in [-0.3, -0.25) is 0 Å². The van der Waals surface area contributed by atoms with Crippen molar-refractivity contribution in [2.45, 2.75) is 52.2 Å². The van der Waals surface area contributed by atoms with Crippen molar-refractivity contribution >= 4 is 0 Å². The van der Waals surface area contributed by atoms with E-state index in [4.69, 9.17) is 9.47 Å². The van der Waals surface area contributed by atoms with Gasteiger partial charge in [-0.15, -0.1) is 0 Å². The number of hydrogen-bond donors (Lipinski definition) is 1. The lowest BCUT2D eigenvalue weighted by Gasteiger charge is -2.28. The molecular formula is C18H29NO2. The molecule has 0 amide bonds. The first kappa shape index (κ1) is 16.3. The summed E-state index contributed by atoms with van der Waals surface area (Å²) in [5.41, 5.74) is 1.21. The van der Waals surface area contributed by atoms with Gasteiger partial charge in [0.25, 0.3) is 0 Å². The van der Waals surface area contributed by atoms with E-state index in [1.165, 1.54) is 31.2 Å². The van der Waals surface area contributed by atoms with Crippen molar-refractivity contribution in [3.05, 3.63) is 29.8 Å². The summed E-state index contributed by atoms with van der Waals surface area (Å²) in [6.45, 7) is 7.56. The van der Waals surface area contributed by atoms with Crippen molar-refractivity contribution in [1.29, 1.82) is 0 Å². The van der Waals surface area contributed by atoms with Crippen LogP contribution in [0.15, 0.2) is 24.3 Å². The summed E-state index contributed by atoms with van der Waals surface area (Å²) in [4.78, 5) is 0. The highest BCUT2D eigenvalue weighted by atomic mass is 16.5. The van der Waals surface area contributed by atoms with Crippen molar-refractivity contribution < 1.29 is 9.47 Å². The molecule has 21 heavy (non-hydrogen) atoms. The van der Waals surface area contributed by atoms with Gasteiger partial charge in [0.05, 0.1) is 12.7 Å². The molecule has 0 heterocycles. The SMILES string of the molecule is CCNCc1ccccc1OCCOC1CCCCC1C. The summed E-state index contributed by atoms with van der Waals surface area (Å²) in [6, 6.07) is 8.23. The van der Waals surface area contributed by atoms with E-state index >= 15 is 0 Å². The van der Waals surface area contributed by atoms with Crippen LogP contribution in [0.3, 0.4) is 0 Å².